The molecule has 0 aliphatic rings. The van der Waals surface area contributed by atoms with Crippen LogP contribution < -0.4 is 4.74 Å². The molecule has 0 aliphatic heterocycles. The molecule has 0 heterocycles. The zero-order chi connectivity index (χ0) is 10.6. The first-order chi connectivity index (χ1) is 6.63. The average Bonchev–Trinajstić information content (AvgIpc) is 2.15. The van der Waals surface area contributed by atoms with Crippen LogP contribution in [-0.2, 0) is 6.61 Å². The summed E-state index contributed by atoms with van der Waals surface area (Å²) >= 11 is 3.30. The van der Waals surface area contributed by atoms with E-state index in [2.05, 4.69) is 15.9 Å². The van der Waals surface area contributed by atoms with Crippen molar-refractivity contribution in [3.8, 4) is 5.75 Å². The molecule has 0 saturated heterocycles. The van der Waals surface area contributed by atoms with Gasteiger partial charge in [-0.2, -0.15) is 0 Å². The van der Waals surface area contributed by atoms with Crippen LogP contribution in [0.4, 0.5) is 0 Å². The van der Waals surface area contributed by atoms with Gasteiger partial charge in [-0.1, -0.05) is 15.9 Å². The first-order valence-corrected chi connectivity index (χ1v) is 5.13. The Morgan fingerprint density at radius 3 is 2.79 bits per heavy atom. The van der Waals surface area contributed by atoms with E-state index >= 15 is 0 Å². The van der Waals surface area contributed by atoms with E-state index in [-0.39, 0.29) is 13.2 Å². The summed E-state index contributed by atoms with van der Waals surface area (Å²) in [5.74, 6) is 0.608. The Morgan fingerprint density at radius 1 is 1.50 bits per heavy atom. The summed E-state index contributed by atoms with van der Waals surface area (Å²) in [6.45, 7) is 1.81. The van der Waals surface area contributed by atoms with E-state index < -0.39 is 6.10 Å². The Bertz CT molecular complexity index is 299. The highest BCUT2D eigenvalue weighted by atomic mass is 79.9. The monoisotopic (exact) mass is 260 g/mol. The Morgan fingerprint density at radius 2 is 2.21 bits per heavy atom. The number of halogens is 1. The first kappa shape index (κ1) is 11.5. The SMILES string of the molecule is CC(O)COc1ccc(Br)cc1CO. The predicted octanol–water partition coefficient (Wildman–Crippen LogP) is 1.70. The van der Waals surface area contributed by atoms with Crippen LogP contribution in [0.5, 0.6) is 5.75 Å². The molecular weight excluding hydrogens is 248 g/mol. The highest BCUT2D eigenvalue weighted by Gasteiger charge is 2.04. The van der Waals surface area contributed by atoms with E-state index in [1.807, 2.05) is 6.07 Å². The van der Waals surface area contributed by atoms with Crippen molar-refractivity contribution in [1.82, 2.24) is 0 Å². The molecule has 0 saturated carbocycles. The molecule has 1 aromatic rings. The molecule has 78 valence electrons. The molecule has 1 rings (SSSR count). The van der Waals surface area contributed by atoms with Crippen molar-refractivity contribution >= 4 is 15.9 Å². The number of aliphatic hydroxyl groups is 2. The summed E-state index contributed by atoms with van der Waals surface area (Å²) in [4.78, 5) is 0. The maximum Gasteiger partial charge on any atom is 0.125 e. The van der Waals surface area contributed by atoms with E-state index in [0.717, 1.165) is 4.47 Å². The van der Waals surface area contributed by atoms with Crippen LogP contribution in [0.2, 0.25) is 0 Å². The van der Waals surface area contributed by atoms with Crippen molar-refractivity contribution in [3.63, 3.8) is 0 Å². The van der Waals surface area contributed by atoms with E-state index in [9.17, 15) is 0 Å². The van der Waals surface area contributed by atoms with E-state index in [4.69, 9.17) is 14.9 Å². The molecular formula is C10H13BrO3. The lowest BCUT2D eigenvalue weighted by atomic mass is 10.2. The second-order valence-corrected chi connectivity index (χ2v) is 3.99. The van der Waals surface area contributed by atoms with E-state index in [0.29, 0.717) is 11.3 Å². The summed E-state index contributed by atoms with van der Waals surface area (Å²) < 4.78 is 6.21. The standard InChI is InChI=1S/C10H13BrO3/c1-7(13)6-14-10-3-2-9(11)4-8(10)5-12/h2-4,7,12-13H,5-6H2,1H3. The van der Waals surface area contributed by atoms with Gasteiger partial charge in [0, 0.05) is 10.0 Å². The van der Waals surface area contributed by atoms with Gasteiger partial charge in [0.2, 0.25) is 0 Å². The minimum atomic E-state index is -0.509. The molecule has 1 unspecified atom stereocenters. The smallest absolute Gasteiger partial charge is 0.125 e. The predicted molar refractivity (Wildman–Crippen MR) is 57.2 cm³/mol. The minimum absolute atomic E-state index is 0.0748. The summed E-state index contributed by atoms with van der Waals surface area (Å²) in [5, 5.41) is 18.1. The lowest BCUT2D eigenvalue weighted by molar-refractivity contribution is 0.121. The van der Waals surface area contributed by atoms with Gasteiger partial charge >= 0.3 is 0 Å². The fraction of sp³-hybridized carbons (Fsp3) is 0.400. The van der Waals surface area contributed by atoms with Crippen LogP contribution in [0.3, 0.4) is 0 Å². The fourth-order valence-corrected chi connectivity index (χ4v) is 1.43. The molecule has 0 radical (unpaired) electrons. The molecule has 0 aliphatic carbocycles. The molecule has 4 heteroatoms. The highest BCUT2D eigenvalue weighted by Crippen LogP contribution is 2.23. The maximum absolute atomic E-state index is 9.04. The van der Waals surface area contributed by atoms with Crippen molar-refractivity contribution < 1.29 is 14.9 Å². The summed E-state index contributed by atoms with van der Waals surface area (Å²) in [5.41, 5.74) is 0.708. The van der Waals surface area contributed by atoms with Crippen LogP contribution >= 0.6 is 15.9 Å². The molecule has 0 spiro atoms. The van der Waals surface area contributed by atoms with Crippen LogP contribution in [0.15, 0.2) is 22.7 Å². The molecule has 14 heavy (non-hydrogen) atoms. The second-order valence-electron chi connectivity index (χ2n) is 3.07. The van der Waals surface area contributed by atoms with Gasteiger partial charge in [-0.3, -0.25) is 0 Å². The summed E-state index contributed by atoms with van der Waals surface area (Å²) in [6, 6.07) is 5.38. The number of aliphatic hydroxyl groups excluding tert-OH is 2. The number of hydrogen-bond donors (Lipinski definition) is 2. The summed E-state index contributed by atoms with van der Waals surface area (Å²) in [7, 11) is 0. The Balaban J connectivity index is 2.75. The number of hydrogen-bond acceptors (Lipinski definition) is 3. The first-order valence-electron chi connectivity index (χ1n) is 4.33. The van der Waals surface area contributed by atoms with Gasteiger partial charge in [-0.15, -0.1) is 0 Å². The lowest BCUT2D eigenvalue weighted by Gasteiger charge is -2.11. The van der Waals surface area contributed by atoms with Gasteiger partial charge in [-0.05, 0) is 25.1 Å². The molecule has 2 N–H and O–H groups in total. The van der Waals surface area contributed by atoms with Crippen molar-refractivity contribution in [2.24, 2.45) is 0 Å². The fourth-order valence-electron chi connectivity index (χ4n) is 1.02. The van der Waals surface area contributed by atoms with Crippen LogP contribution in [0.1, 0.15) is 12.5 Å². The van der Waals surface area contributed by atoms with Crippen molar-refractivity contribution in [1.29, 1.82) is 0 Å². The normalized spacial score (nSPS) is 12.6. The van der Waals surface area contributed by atoms with Crippen molar-refractivity contribution in [3.05, 3.63) is 28.2 Å². The van der Waals surface area contributed by atoms with E-state index in [1.54, 1.807) is 19.1 Å². The third kappa shape index (κ3) is 3.29. The maximum atomic E-state index is 9.04. The highest BCUT2D eigenvalue weighted by molar-refractivity contribution is 9.10. The Labute approximate surface area is 91.5 Å². The molecule has 0 aromatic heterocycles. The number of benzene rings is 1. The van der Waals surface area contributed by atoms with Gasteiger partial charge in [0.25, 0.3) is 0 Å². The molecule has 0 bridgehead atoms. The zero-order valence-corrected chi connectivity index (χ0v) is 9.49. The minimum Gasteiger partial charge on any atom is -0.491 e. The third-order valence-corrected chi connectivity index (χ3v) is 2.17. The number of ether oxygens (including phenoxy) is 1. The molecule has 3 nitrogen and oxygen atoms in total. The quantitative estimate of drug-likeness (QED) is 0.867. The zero-order valence-electron chi connectivity index (χ0n) is 7.90. The van der Waals surface area contributed by atoms with Crippen molar-refractivity contribution in [2.75, 3.05) is 6.61 Å². The topological polar surface area (TPSA) is 49.7 Å². The Hall–Kier alpha value is -0.580. The second kappa shape index (κ2) is 5.34. The van der Waals surface area contributed by atoms with Gasteiger partial charge < -0.3 is 14.9 Å². The average molecular weight is 261 g/mol. The lowest BCUT2D eigenvalue weighted by Crippen LogP contribution is -2.13. The largest absolute Gasteiger partial charge is 0.491 e. The van der Waals surface area contributed by atoms with Gasteiger partial charge in [0.1, 0.15) is 12.4 Å². The Kier molecular flexibility index (Phi) is 4.38. The molecule has 0 fully saturated rings. The van der Waals surface area contributed by atoms with Crippen LogP contribution in [-0.4, -0.2) is 22.9 Å². The van der Waals surface area contributed by atoms with Gasteiger partial charge in [0.05, 0.1) is 12.7 Å². The van der Waals surface area contributed by atoms with E-state index in [1.165, 1.54) is 0 Å². The van der Waals surface area contributed by atoms with Crippen LogP contribution in [0.25, 0.3) is 0 Å². The van der Waals surface area contributed by atoms with Crippen LogP contribution in [0, 0.1) is 0 Å². The number of rotatable bonds is 4. The molecule has 0 amide bonds. The third-order valence-electron chi connectivity index (χ3n) is 1.67. The van der Waals surface area contributed by atoms with Gasteiger partial charge in [-0.25, -0.2) is 0 Å². The van der Waals surface area contributed by atoms with Crippen molar-refractivity contribution in [2.45, 2.75) is 19.6 Å². The van der Waals surface area contributed by atoms with Gasteiger partial charge in [0.15, 0.2) is 0 Å². The summed E-state index contributed by atoms with van der Waals surface area (Å²) in [6.07, 6.45) is -0.509. The molecule has 1 atom stereocenters. The molecule has 1 aromatic carbocycles.